The fraction of sp³-hybridized carbons (Fsp3) is 0.375. The predicted molar refractivity (Wildman–Crippen MR) is 78.2 cm³/mol. The lowest BCUT2D eigenvalue weighted by Gasteiger charge is -2.11. The van der Waals surface area contributed by atoms with Gasteiger partial charge in [0.2, 0.25) is 0 Å². The zero-order valence-electron chi connectivity index (χ0n) is 11.7. The first kappa shape index (κ1) is 13.8. The van der Waals surface area contributed by atoms with Crippen LogP contribution in [-0.2, 0) is 11.3 Å². The molecule has 3 rings (SSSR count). The van der Waals surface area contributed by atoms with Crippen molar-refractivity contribution >= 4 is 5.97 Å². The molecule has 2 aromatic rings. The Kier molecular flexibility index (Phi) is 4.01. The van der Waals surface area contributed by atoms with Crippen molar-refractivity contribution in [3.8, 4) is 11.4 Å². The number of hydrogen-bond acceptors (Lipinski definition) is 3. The third kappa shape index (κ3) is 3.13. The summed E-state index contributed by atoms with van der Waals surface area (Å²) < 4.78 is 7.52. The van der Waals surface area contributed by atoms with Gasteiger partial charge in [-0.2, -0.15) is 0 Å². The molecule has 1 unspecified atom stereocenters. The normalized spacial score (nSPS) is 18.0. The van der Waals surface area contributed by atoms with Gasteiger partial charge in [0.15, 0.2) is 0 Å². The van der Waals surface area contributed by atoms with Crippen molar-refractivity contribution in [1.82, 2.24) is 9.55 Å². The zero-order chi connectivity index (χ0) is 14.7. The van der Waals surface area contributed by atoms with E-state index in [0.29, 0.717) is 11.5 Å². The van der Waals surface area contributed by atoms with Crippen molar-refractivity contribution < 1.29 is 14.6 Å². The second-order valence-electron chi connectivity index (χ2n) is 5.35. The molecule has 0 aliphatic carbocycles. The molecule has 1 aromatic heterocycles. The molecule has 1 saturated heterocycles. The van der Waals surface area contributed by atoms with E-state index < -0.39 is 5.97 Å². The van der Waals surface area contributed by atoms with Crippen LogP contribution in [0.5, 0.6) is 0 Å². The molecule has 110 valence electrons. The van der Waals surface area contributed by atoms with E-state index in [1.54, 1.807) is 30.5 Å². The van der Waals surface area contributed by atoms with Crippen LogP contribution in [0.1, 0.15) is 23.2 Å². The summed E-state index contributed by atoms with van der Waals surface area (Å²) in [6.45, 7) is 2.64. The number of nitrogens with zero attached hydrogens (tertiary/aromatic N) is 2. The molecule has 21 heavy (non-hydrogen) atoms. The van der Waals surface area contributed by atoms with E-state index in [1.165, 1.54) is 0 Å². The molecule has 5 heteroatoms. The van der Waals surface area contributed by atoms with Gasteiger partial charge in [-0.05, 0) is 30.9 Å². The zero-order valence-corrected chi connectivity index (χ0v) is 11.7. The molecule has 1 aromatic carbocycles. The number of carboxylic acids is 1. The van der Waals surface area contributed by atoms with Gasteiger partial charge in [0.25, 0.3) is 0 Å². The van der Waals surface area contributed by atoms with Crippen molar-refractivity contribution in [1.29, 1.82) is 0 Å². The minimum Gasteiger partial charge on any atom is -0.478 e. The first-order valence-electron chi connectivity index (χ1n) is 7.16. The van der Waals surface area contributed by atoms with Crippen molar-refractivity contribution in [3.05, 3.63) is 42.2 Å². The molecule has 0 bridgehead atoms. The number of benzene rings is 1. The fourth-order valence-corrected chi connectivity index (χ4v) is 2.64. The first-order valence-corrected chi connectivity index (χ1v) is 7.16. The van der Waals surface area contributed by atoms with Crippen LogP contribution < -0.4 is 0 Å². The highest BCUT2D eigenvalue weighted by molar-refractivity contribution is 5.88. The average Bonchev–Trinajstić information content (AvgIpc) is 3.16. The Morgan fingerprint density at radius 3 is 2.86 bits per heavy atom. The largest absolute Gasteiger partial charge is 0.478 e. The molecular formula is C16H18N2O3. The lowest BCUT2D eigenvalue weighted by Crippen LogP contribution is -2.07. The summed E-state index contributed by atoms with van der Waals surface area (Å²) in [7, 11) is 0. The highest BCUT2D eigenvalue weighted by atomic mass is 16.5. The van der Waals surface area contributed by atoms with Crippen LogP contribution in [0.15, 0.2) is 36.7 Å². The van der Waals surface area contributed by atoms with Gasteiger partial charge in [0.05, 0.1) is 5.56 Å². The van der Waals surface area contributed by atoms with Gasteiger partial charge >= 0.3 is 5.97 Å². The van der Waals surface area contributed by atoms with Gasteiger partial charge in [0, 0.05) is 37.7 Å². The van der Waals surface area contributed by atoms with E-state index in [4.69, 9.17) is 9.84 Å². The van der Waals surface area contributed by atoms with E-state index in [1.807, 2.05) is 6.20 Å². The van der Waals surface area contributed by atoms with Crippen LogP contribution >= 0.6 is 0 Å². The van der Waals surface area contributed by atoms with Crippen LogP contribution in [0.25, 0.3) is 11.4 Å². The number of carbonyl (C=O) groups is 1. The molecule has 1 N–H and O–H groups in total. The fourth-order valence-electron chi connectivity index (χ4n) is 2.64. The van der Waals surface area contributed by atoms with Crippen LogP contribution in [-0.4, -0.2) is 33.8 Å². The van der Waals surface area contributed by atoms with Gasteiger partial charge in [-0.15, -0.1) is 0 Å². The molecule has 0 saturated carbocycles. The van der Waals surface area contributed by atoms with E-state index >= 15 is 0 Å². The minimum absolute atomic E-state index is 0.292. The summed E-state index contributed by atoms with van der Waals surface area (Å²) in [6, 6.07) is 6.84. The van der Waals surface area contributed by atoms with Gasteiger partial charge in [-0.1, -0.05) is 12.1 Å². The quantitative estimate of drug-likeness (QED) is 0.917. The number of imidazole rings is 1. The molecule has 2 heterocycles. The smallest absolute Gasteiger partial charge is 0.335 e. The Hall–Kier alpha value is -2.14. The standard InChI is InChI=1S/C16H18N2O3/c19-16(20)14-3-1-13(2-4-14)15-17-7-9-18(15)8-5-12-6-10-21-11-12/h1-4,7,9,12H,5-6,8,10-11H2,(H,19,20). The Balaban J connectivity index is 1.73. The highest BCUT2D eigenvalue weighted by Crippen LogP contribution is 2.21. The molecule has 1 aliphatic rings. The summed E-state index contributed by atoms with van der Waals surface area (Å²) in [5.74, 6) is 0.603. The first-order chi connectivity index (χ1) is 10.2. The van der Waals surface area contributed by atoms with Crippen molar-refractivity contribution in [3.63, 3.8) is 0 Å². The summed E-state index contributed by atoms with van der Waals surface area (Å²) >= 11 is 0. The third-order valence-electron chi connectivity index (χ3n) is 3.91. The predicted octanol–water partition coefficient (Wildman–Crippen LogP) is 2.67. The summed E-state index contributed by atoms with van der Waals surface area (Å²) in [5, 5.41) is 8.93. The number of ether oxygens (including phenoxy) is 1. The van der Waals surface area contributed by atoms with Crippen LogP contribution in [0.2, 0.25) is 0 Å². The van der Waals surface area contributed by atoms with Crippen molar-refractivity contribution in [2.45, 2.75) is 19.4 Å². The maximum Gasteiger partial charge on any atom is 0.335 e. The van der Waals surface area contributed by atoms with Gasteiger partial charge < -0.3 is 14.4 Å². The van der Waals surface area contributed by atoms with Crippen molar-refractivity contribution in [2.24, 2.45) is 5.92 Å². The van der Waals surface area contributed by atoms with Crippen LogP contribution in [0.3, 0.4) is 0 Å². The second-order valence-corrected chi connectivity index (χ2v) is 5.35. The summed E-state index contributed by atoms with van der Waals surface area (Å²) in [6.07, 6.45) is 5.97. The molecular weight excluding hydrogens is 268 g/mol. The van der Waals surface area contributed by atoms with E-state index in [0.717, 1.165) is 44.0 Å². The topological polar surface area (TPSA) is 64.3 Å². The third-order valence-corrected chi connectivity index (χ3v) is 3.91. The molecule has 0 amide bonds. The molecule has 1 atom stereocenters. The molecule has 0 radical (unpaired) electrons. The number of aromatic carboxylic acids is 1. The Morgan fingerprint density at radius 1 is 1.38 bits per heavy atom. The number of aromatic nitrogens is 2. The maximum atomic E-state index is 10.9. The average molecular weight is 286 g/mol. The SMILES string of the molecule is O=C(O)c1ccc(-c2nccn2CCC2CCOC2)cc1. The number of hydrogen-bond donors (Lipinski definition) is 1. The van der Waals surface area contributed by atoms with E-state index in [9.17, 15) is 4.79 Å². The van der Waals surface area contributed by atoms with Gasteiger partial charge in [-0.25, -0.2) is 9.78 Å². The Morgan fingerprint density at radius 2 is 2.19 bits per heavy atom. The van der Waals surface area contributed by atoms with E-state index in [2.05, 4.69) is 9.55 Å². The Bertz CT molecular complexity index is 613. The number of rotatable bonds is 5. The number of aryl methyl sites for hydroxylation is 1. The lowest BCUT2D eigenvalue weighted by atomic mass is 10.1. The summed E-state index contributed by atoms with van der Waals surface area (Å²) in [5.41, 5.74) is 1.23. The second kappa shape index (κ2) is 6.10. The molecule has 1 aliphatic heterocycles. The van der Waals surface area contributed by atoms with E-state index in [-0.39, 0.29) is 0 Å². The molecule has 0 spiro atoms. The molecule has 1 fully saturated rings. The maximum absolute atomic E-state index is 10.9. The highest BCUT2D eigenvalue weighted by Gasteiger charge is 2.16. The number of carboxylic acid groups (broad SMARTS) is 1. The summed E-state index contributed by atoms with van der Waals surface area (Å²) in [4.78, 5) is 15.3. The van der Waals surface area contributed by atoms with Gasteiger partial charge in [-0.3, -0.25) is 0 Å². The van der Waals surface area contributed by atoms with Crippen LogP contribution in [0, 0.1) is 5.92 Å². The Labute approximate surface area is 123 Å². The minimum atomic E-state index is -0.911. The lowest BCUT2D eigenvalue weighted by molar-refractivity contribution is 0.0697. The molecule has 5 nitrogen and oxygen atoms in total. The monoisotopic (exact) mass is 286 g/mol. The van der Waals surface area contributed by atoms with Crippen molar-refractivity contribution in [2.75, 3.05) is 13.2 Å². The van der Waals surface area contributed by atoms with Gasteiger partial charge in [0.1, 0.15) is 5.82 Å². The van der Waals surface area contributed by atoms with Crippen LogP contribution in [0.4, 0.5) is 0 Å².